The van der Waals surface area contributed by atoms with E-state index in [1.807, 2.05) is 0 Å². The standard InChI is InChI=1S/C17H27NS2/c1-4-10-18-16(14-8-6-13(3)7-9-14)17-15(5-2)19-11-12-20-17/h6-9,15-18H,4-5,10-12H2,1-3H3. The highest BCUT2D eigenvalue weighted by atomic mass is 32.2. The lowest BCUT2D eigenvalue weighted by atomic mass is 9.99. The van der Waals surface area contributed by atoms with Crippen molar-refractivity contribution >= 4 is 23.5 Å². The second kappa shape index (κ2) is 8.35. The normalized spacial score (nSPS) is 24.6. The van der Waals surface area contributed by atoms with E-state index in [0.717, 1.165) is 11.8 Å². The Morgan fingerprint density at radius 1 is 1.15 bits per heavy atom. The molecule has 1 aliphatic rings. The van der Waals surface area contributed by atoms with E-state index in [0.29, 0.717) is 11.3 Å². The molecule has 1 aliphatic heterocycles. The average molecular weight is 310 g/mol. The van der Waals surface area contributed by atoms with Crippen LogP contribution in [0.2, 0.25) is 0 Å². The molecule has 1 fully saturated rings. The van der Waals surface area contributed by atoms with Crippen molar-refractivity contribution in [3.8, 4) is 0 Å². The van der Waals surface area contributed by atoms with Crippen molar-refractivity contribution in [3.05, 3.63) is 35.4 Å². The third-order valence-corrected chi connectivity index (χ3v) is 7.22. The first kappa shape index (κ1) is 16.3. The SMILES string of the molecule is CCCNC(c1ccc(C)cc1)C1SCCSC1CC. The molecule has 112 valence electrons. The van der Waals surface area contributed by atoms with Crippen LogP contribution >= 0.6 is 23.5 Å². The van der Waals surface area contributed by atoms with Gasteiger partial charge in [-0.3, -0.25) is 0 Å². The first-order valence-corrected chi connectivity index (χ1v) is 9.89. The Hall–Kier alpha value is -0.120. The molecule has 0 aromatic heterocycles. The van der Waals surface area contributed by atoms with Crippen LogP contribution in [0.3, 0.4) is 0 Å². The summed E-state index contributed by atoms with van der Waals surface area (Å²) in [5.41, 5.74) is 2.81. The molecular weight excluding hydrogens is 282 g/mol. The van der Waals surface area contributed by atoms with Gasteiger partial charge in [0.1, 0.15) is 0 Å². The van der Waals surface area contributed by atoms with E-state index in [-0.39, 0.29) is 0 Å². The number of aryl methyl sites for hydroxylation is 1. The van der Waals surface area contributed by atoms with Crippen molar-refractivity contribution < 1.29 is 0 Å². The Kier molecular flexibility index (Phi) is 6.79. The zero-order valence-electron chi connectivity index (χ0n) is 12.9. The molecule has 3 atom stereocenters. The molecule has 1 aromatic rings. The van der Waals surface area contributed by atoms with E-state index < -0.39 is 0 Å². The molecule has 0 saturated carbocycles. The van der Waals surface area contributed by atoms with E-state index in [9.17, 15) is 0 Å². The van der Waals surface area contributed by atoms with Gasteiger partial charge < -0.3 is 5.32 Å². The van der Waals surface area contributed by atoms with Crippen molar-refractivity contribution in [2.75, 3.05) is 18.1 Å². The second-order valence-corrected chi connectivity index (χ2v) is 8.13. The van der Waals surface area contributed by atoms with Crippen molar-refractivity contribution in [1.82, 2.24) is 5.32 Å². The van der Waals surface area contributed by atoms with E-state index in [1.54, 1.807) is 0 Å². The van der Waals surface area contributed by atoms with Gasteiger partial charge in [0.25, 0.3) is 0 Å². The molecule has 1 heterocycles. The molecule has 0 aliphatic carbocycles. The molecule has 3 heteroatoms. The number of thioether (sulfide) groups is 2. The molecule has 20 heavy (non-hydrogen) atoms. The number of nitrogens with one attached hydrogen (secondary N) is 1. The summed E-state index contributed by atoms with van der Waals surface area (Å²) in [6.07, 6.45) is 2.47. The fraction of sp³-hybridized carbons (Fsp3) is 0.647. The summed E-state index contributed by atoms with van der Waals surface area (Å²) >= 11 is 4.34. The van der Waals surface area contributed by atoms with Crippen LogP contribution in [0.25, 0.3) is 0 Å². The van der Waals surface area contributed by atoms with Gasteiger partial charge in [0.2, 0.25) is 0 Å². The number of hydrogen-bond donors (Lipinski definition) is 1. The third kappa shape index (κ3) is 4.19. The predicted molar refractivity (Wildman–Crippen MR) is 95.0 cm³/mol. The summed E-state index contributed by atoms with van der Waals surface area (Å²) < 4.78 is 0. The van der Waals surface area contributed by atoms with Crippen LogP contribution in [0.1, 0.15) is 43.9 Å². The van der Waals surface area contributed by atoms with Crippen LogP contribution in [-0.2, 0) is 0 Å². The molecule has 1 aromatic carbocycles. The topological polar surface area (TPSA) is 12.0 Å². The Bertz CT molecular complexity index is 390. The lowest BCUT2D eigenvalue weighted by molar-refractivity contribution is 0.498. The molecule has 0 radical (unpaired) electrons. The smallest absolute Gasteiger partial charge is 0.0451 e. The summed E-state index contributed by atoms with van der Waals surface area (Å²) in [6, 6.07) is 9.62. The van der Waals surface area contributed by atoms with Crippen molar-refractivity contribution in [2.24, 2.45) is 0 Å². The quantitative estimate of drug-likeness (QED) is 0.820. The minimum Gasteiger partial charge on any atom is -0.309 e. The first-order chi connectivity index (χ1) is 9.76. The minimum atomic E-state index is 0.498. The molecule has 0 amide bonds. The summed E-state index contributed by atoms with van der Waals surface area (Å²) in [6.45, 7) is 7.86. The van der Waals surface area contributed by atoms with Crippen LogP contribution in [0, 0.1) is 6.92 Å². The number of rotatable bonds is 6. The molecule has 0 bridgehead atoms. The van der Waals surface area contributed by atoms with Crippen LogP contribution < -0.4 is 5.32 Å². The molecule has 1 N–H and O–H groups in total. The summed E-state index contributed by atoms with van der Waals surface area (Å²) in [5.74, 6) is 2.61. The van der Waals surface area contributed by atoms with Gasteiger partial charge in [0.05, 0.1) is 0 Å². The van der Waals surface area contributed by atoms with Gasteiger partial charge in [-0.05, 0) is 31.9 Å². The zero-order chi connectivity index (χ0) is 14.4. The van der Waals surface area contributed by atoms with Crippen LogP contribution in [0.4, 0.5) is 0 Å². The van der Waals surface area contributed by atoms with Crippen LogP contribution in [-0.4, -0.2) is 28.6 Å². The molecule has 1 saturated heterocycles. The predicted octanol–water partition coefficient (Wildman–Crippen LogP) is 4.66. The van der Waals surface area contributed by atoms with Crippen LogP contribution in [0.15, 0.2) is 24.3 Å². The Balaban J connectivity index is 2.18. The Morgan fingerprint density at radius 2 is 1.85 bits per heavy atom. The van der Waals surface area contributed by atoms with Gasteiger partial charge in [0.15, 0.2) is 0 Å². The second-order valence-electron chi connectivity index (χ2n) is 5.50. The molecule has 1 nitrogen and oxygen atoms in total. The van der Waals surface area contributed by atoms with Crippen molar-refractivity contribution in [2.45, 2.75) is 50.2 Å². The van der Waals surface area contributed by atoms with E-state index in [2.05, 4.69) is 73.9 Å². The first-order valence-electron chi connectivity index (χ1n) is 7.79. The maximum atomic E-state index is 3.81. The maximum absolute atomic E-state index is 3.81. The van der Waals surface area contributed by atoms with E-state index in [1.165, 1.54) is 35.5 Å². The van der Waals surface area contributed by atoms with E-state index >= 15 is 0 Å². The maximum Gasteiger partial charge on any atom is 0.0451 e. The van der Waals surface area contributed by atoms with Gasteiger partial charge >= 0.3 is 0 Å². The number of hydrogen-bond acceptors (Lipinski definition) is 3. The third-order valence-electron chi connectivity index (χ3n) is 3.87. The number of benzene rings is 1. The average Bonchev–Trinajstić information content (AvgIpc) is 2.50. The van der Waals surface area contributed by atoms with Gasteiger partial charge in [0, 0.05) is 28.0 Å². The summed E-state index contributed by atoms with van der Waals surface area (Å²) in [5, 5.41) is 5.29. The van der Waals surface area contributed by atoms with Gasteiger partial charge in [-0.1, -0.05) is 43.7 Å². The van der Waals surface area contributed by atoms with Crippen molar-refractivity contribution in [1.29, 1.82) is 0 Å². The van der Waals surface area contributed by atoms with Gasteiger partial charge in [-0.15, -0.1) is 0 Å². The lowest BCUT2D eigenvalue weighted by Gasteiger charge is -2.36. The highest BCUT2D eigenvalue weighted by Crippen LogP contribution is 2.40. The highest BCUT2D eigenvalue weighted by Gasteiger charge is 2.32. The van der Waals surface area contributed by atoms with E-state index in [4.69, 9.17) is 0 Å². The minimum absolute atomic E-state index is 0.498. The van der Waals surface area contributed by atoms with Gasteiger partial charge in [-0.2, -0.15) is 23.5 Å². The highest BCUT2D eigenvalue weighted by molar-refractivity contribution is 8.07. The fourth-order valence-corrected chi connectivity index (χ4v) is 6.00. The monoisotopic (exact) mass is 309 g/mol. The fourth-order valence-electron chi connectivity index (χ4n) is 2.74. The van der Waals surface area contributed by atoms with Crippen molar-refractivity contribution in [3.63, 3.8) is 0 Å². The zero-order valence-corrected chi connectivity index (χ0v) is 14.5. The van der Waals surface area contributed by atoms with Gasteiger partial charge in [-0.25, -0.2) is 0 Å². The van der Waals surface area contributed by atoms with Crippen LogP contribution in [0.5, 0.6) is 0 Å². The molecule has 0 spiro atoms. The molecular formula is C17H27NS2. The summed E-state index contributed by atoms with van der Waals surface area (Å²) in [4.78, 5) is 0. The summed E-state index contributed by atoms with van der Waals surface area (Å²) in [7, 11) is 0. The Labute approximate surface area is 132 Å². The molecule has 3 unspecified atom stereocenters. The largest absolute Gasteiger partial charge is 0.309 e. The molecule has 2 rings (SSSR count). The lowest BCUT2D eigenvalue weighted by Crippen LogP contribution is -2.39. The Morgan fingerprint density at radius 3 is 2.50 bits per heavy atom.